The summed E-state index contributed by atoms with van der Waals surface area (Å²) in [7, 11) is 0. The van der Waals surface area contributed by atoms with Gasteiger partial charge < -0.3 is 4.74 Å². The third-order valence-electron chi connectivity index (χ3n) is 2.88. The number of hydrogen-bond acceptors (Lipinski definition) is 1. The summed E-state index contributed by atoms with van der Waals surface area (Å²) in [5.41, 5.74) is 2.31. The van der Waals surface area contributed by atoms with Crippen LogP contribution < -0.4 is 4.74 Å². The van der Waals surface area contributed by atoms with E-state index in [1.54, 1.807) is 0 Å². The molecule has 0 saturated heterocycles. The van der Waals surface area contributed by atoms with Crippen LogP contribution in [0.5, 0.6) is 5.75 Å². The van der Waals surface area contributed by atoms with Crippen LogP contribution in [0.2, 0.25) is 0 Å². The molecule has 0 aliphatic heterocycles. The quantitative estimate of drug-likeness (QED) is 0.584. The minimum atomic E-state index is 0.842. The molecule has 0 unspecified atom stereocenters. The fraction of sp³-hybridized carbons (Fsp3) is 0.625. The van der Waals surface area contributed by atoms with Gasteiger partial charge in [-0.15, -0.1) is 0 Å². The molecule has 0 aromatic heterocycles. The molecule has 0 saturated carbocycles. The molecule has 1 aromatic rings. The molecule has 95 valence electrons. The third-order valence-corrected chi connectivity index (χ3v) is 2.88. The molecule has 0 spiro atoms. The lowest BCUT2D eigenvalue weighted by Crippen LogP contribution is -1.98. The van der Waals surface area contributed by atoms with Crippen molar-refractivity contribution in [2.24, 2.45) is 0 Å². The fourth-order valence-electron chi connectivity index (χ4n) is 2.01. The second-order valence-corrected chi connectivity index (χ2v) is 4.80. The Kier molecular flexibility index (Phi) is 6.76. The molecule has 0 aliphatic rings. The molecule has 1 aromatic carbocycles. The Bertz CT molecular complexity index is 297. The number of rotatable bonds is 8. The smallest absolute Gasteiger partial charge is 0.119 e. The van der Waals surface area contributed by atoms with Crippen LogP contribution in [-0.2, 0) is 0 Å². The molecular formula is C16H25O. The average Bonchev–Trinajstić information content (AvgIpc) is 2.26. The highest BCUT2D eigenvalue weighted by Crippen LogP contribution is 2.16. The maximum absolute atomic E-state index is 5.75. The largest absolute Gasteiger partial charge is 0.494 e. The van der Waals surface area contributed by atoms with Crippen LogP contribution in [0.15, 0.2) is 12.1 Å². The molecule has 1 heteroatoms. The first-order valence-electron chi connectivity index (χ1n) is 6.85. The standard InChI is InChI=1S/C16H25O/c1-4-5-6-7-8-9-10-17-16-12-14(2)11-15(3)13-16/h12-13H,4-10H2,1-3H3. The lowest BCUT2D eigenvalue weighted by atomic mass is 10.1. The molecule has 0 atom stereocenters. The van der Waals surface area contributed by atoms with Gasteiger partial charge in [-0.3, -0.25) is 0 Å². The van der Waals surface area contributed by atoms with Crippen LogP contribution in [0.4, 0.5) is 0 Å². The second-order valence-electron chi connectivity index (χ2n) is 4.80. The van der Waals surface area contributed by atoms with Crippen molar-refractivity contribution < 1.29 is 4.74 Å². The highest BCUT2D eigenvalue weighted by molar-refractivity contribution is 5.31. The highest BCUT2D eigenvalue weighted by atomic mass is 16.5. The Morgan fingerprint density at radius 1 is 0.941 bits per heavy atom. The molecular weight excluding hydrogens is 208 g/mol. The summed E-state index contributed by atoms with van der Waals surface area (Å²) >= 11 is 0. The van der Waals surface area contributed by atoms with Crippen molar-refractivity contribution in [3.63, 3.8) is 0 Å². The molecule has 0 fully saturated rings. The Morgan fingerprint density at radius 2 is 1.53 bits per heavy atom. The summed E-state index contributed by atoms with van der Waals surface area (Å²) in [6.07, 6.45) is 7.85. The second kappa shape index (κ2) is 8.16. The van der Waals surface area contributed by atoms with E-state index in [2.05, 4.69) is 39.0 Å². The summed E-state index contributed by atoms with van der Waals surface area (Å²) in [6, 6.07) is 7.37. The maximum atomic E-state index is 5.75. The molecule has 0 aliphatic carbocycles. The number of aryl methyl sites for hydroxylation is 2. The van der Waals surface area contributed by atoms with E-state index in [-0.39, 0.29) is 0 Å². The predicted molar refractivity (Wildman–Crippen MR) is 73.6 cm³/mol. The van der Waals surface area contributed by atoms with Crippen LogP contribution in [0.3, 0.4) is 0 Å². The first-order valence-corrected chi connectivity index (χ1v) is 6.85. The van der Waals surface area contributed by atoms with E-state index in [4.69, 9.17) is 4.74 Å². The minimum Gasteiger partial charge on any atom is -0.494 e. The minimum absolute atomic E-state index is 0.842. The zero-order chi connectivity index (χ0) is 12.5. The Morgan fingerprint density at radius 3 is 2.18 bits per heavy atom. The number of ether oxygens (including phenoxy) is 1. The van der Waals surface area contributed by atoms with Gasteiger partial charge in [-0.25, -0.2) is 0 Å². The van der Waals surface area contributed by atoms with Gasteiger partial charge >= 0.3 is 0 Å². The van der Waals surface area contributed by atoms with Crippen molar-refractivity contribution in [3.05, 3.63) is 29.3 Å². The predicted octanol–water partition coefficient (Wildman–Crippen LogP) is 4.84. The van der Waals surface area contributed by atoms with Gasteiger partial charge in [0.05, 0.1) is 6.61 Å². The lowest BCUT2D eigenvalue weighted by Gasteiger charge is -2.07. The molecule has 0 bridgehead atoms. The first kappa shape index (κ1) is 14.1. The number of benzene rings is 1. The van der Waals surface area contributed by atoms with Crippen LogP contribution in [0.1, 0.15) is 56.6 Å². The third kappa shape index (κ3) is 6.35. The lowest BCUT2D eigenvalue weighted by molar-refractivity contribution is 0.304. The van der Waals surface area contributed by atoms with Gasteiger partial charge in [-0.2, -0.15) is 0 Å². The first-order chi connectivity index (χ1) is 8.22. The zero-order valence-electron chi connectivity index (χ0n) is 11.5. The van der Waals surface area contributed by atoms with E-state index in [1.165, 1.54) is 38.5 Å². The van der Waals surface area contributed by atoms with Crippen molar-refractivity contribution in [1.29, 1.82) is 0 Å². The van der Waals surface area contributed by atoms with E-state index in [0.29, 0.717) is 0 Å². The molecule has 0 amide bonds. The van der Waals surface area contributed by atoms with Gasteiger partial charge in [0.1, 0.15) is 5.75 Å². The van der Waals surface area contributed by atoms with Gasteiger partial charge in [-0.05, 0) is 49.6 Å². The molecule has 1 radical (unpaired) electrons. The van der Waals surface area contributed by atoms with E-state index in [9.17, 15) is 0 Å². The Balaban J connectivity index is 2.13. The van der Waals surface area contributed by atoms with Crippen LogP contribution in [0.25, 0.3) is 0 Å². The maximum Gasteiger partial charge on any atom is 0.119 e. The normalized spacial score (nSPS) is 10.5. The monoisotopic (exact) mass is 233 g/mol. The average molecular weight is 233 g/mol. The summed E-state index contributed by atoms with van der Waals surface area (Å²) in [5, 5.41) is 0. The van der Waals surface area contributed by atoms with Crippen LogP contribution in [0, 0.1) is 19.9 Å². The summed E-state index contributed by atoms with van der Waals surface area (Å²) in [6.45, 7) is 7.21. The summed E-state index contributed by atoms with van der Waals surface area (Å²) in [4.78, 5) is 0. The molecule has 17 heavy (non-hydrogen) atoms. The molecule has 0 N–H and O–H groups in total. The SMILES string of the molecule is CCCCCCCCOc1cc(C)[c]c(C)c1. The Hall–Kier alpha value is -0.980. The Labute approximate surface area is 106 Å². The van der Waals surface area contributed by atoms with Gasteiger partial charge in [0.15, 0.2) is 0 Å². The van der Waals surface area contributed by atoms with Crippen molar-refractivity contribution >= 4 is 0 Å². The van der Waals surface area contributed by atoms with E-state index in [1.807, 2.05) is 0 Å². The number of hydrogen-bond donors (Lipinski definition) is 0. The summed E-state index contributed by atoms with van der Waals surface area (Å²) < 4.78 is 5.75. The van der Waals surface area contributed by atoms with Crippen molar-refractivity contribution in [3.8, 4) is 5.75 Å². The van der Waals surface area contributed by atoms with E-state index < -0.39 is 0 Å². The van der Waals surface area contributed by atoms with Crippen molar-refractivity contribution in [2.45, 2.75) is 59.3 Å². The van der Waals surface area contributed by atoms with Crippen LogP contribution in [-0.4, -0.2) is 6.61 Å². The molecule has 1 nitrogen and oxygen atoms in total. The summed E-state index contributed by atoms with van der Waals surface area (Å²) in [5.74, 6) is 0.993. The zero-order valence-corrected chi connectivity index (χ0v) is 11.5. The van der Waals surface area contributed by atoms with Gasteiger partial charge in [0, 0.05) is 0 Å². The van der Waals surface area contributed by atoms with Gasteiger partial charge in [-0.1, -0.05) is 39.0 Å². The topological polar surface area (TPSA) is 9.23 Å². The van der Waals surface area contributed by atoms with Crippen molar-refractivity contribution in [2.75, 3.05) is 6.61 Å². The number of unbranched alkanes of at least 4 members (excludes halogenated alkanes) is 5. The highest BCUT2D eigenvalue weighted by Gasteiger charge is 1.97. The van der Waals surface area contributed by atoms with E-state index >= 15 is 0 Å². The molecule has 1 rings (SSSR count). The molecule has 0 heterocycles. The van der Waals surface area contributed by atoms with Crippen LogP contribution >= 0.6 is 0 Å². The van der Waals surface area contributed by atoms with Gasteiger partial charge in [0.2, 0.25) is 0 Å². The van der Waals surface area contributed by atoms with Gasteiger partial charge in [0.25, 0.3) is 0 Å². The fourth-order valence-corrected chi connectivity index (χ4v) is 2.01. The van der Waals surface area contributed by atoms with Crippen molar-refractivity contribution in [1.82, 2.24) is 0 Å². The van der Waals surface area contributed by atoms with E-state index in [0.717, 1.165) is 23.5 Å².